The summed E-state index contributed by atoms with van der Waals surface area (Å²) < 4.78 is 0. The molecule has 0 fully saturated rings. The van der Waals surface area contributed by atoms with Crippen molar-refractivity contribution in [3.8, 4) is 0 Å². The van der Waals surface area contributed by atoms with Gasteiger partial charge in [-0.15, -0.1) is 11.3 Å². The van der Waals surface area contributed by atoms with E-state index in [2.05, 4.69) is 31.9 Å². The van der Waals surface area contributed by atoms with Crippen molar-refractivity contribution in [2.75, 3.05) is 11.9 Å². The topological polar surface area (TPSA) is 42.2 Å². The Labute approximate surface area is 135 Å². The highest BCUT2D eigenvalue weighted by Crippen LogP contribution is 2.32. The lowest BCUT2D eigenvalue weighted by Crippen LogP contribution is -2.21. The summed E-state index contributed by atoms with van der Waals surface area (Å²) in [5.41, 5.74) is 8.17. The van der Waals surface area contributed by atoms with Gasteiger partial charge in [-0.3, -0.25) is 0 Å². The molecule has 1 atom stereocenters. The molecule has 1 aromatic carbocycles. The first-order valence-corrected chi connectivity index (χ1v) is 8.43. The van der Waals surface area contributed by atoms with Gasteiger partial charge < -0.3 is 10.6 Å². The van der Waals surface area contributed by atoms with Crippen LogP contribution in [0.25, 0.3) is 0 Å². The molecular formula is C16H22ClN3S. The summed E-state index contributed by atoms with van der Waals surface area (Å²) in [6.07, 6.45) is 2.08. The van der Waals surface area contributed by atoms with Crippen LogP contribution in [0.4, 0.5) is 5.13 Å². The number of hydrogen-bond acceptors (Lipinski definition) is 4. The summed E-state index contributed by atoms with van der Waals surface area (Å²) in [6, 6.07) is 8.20. The van der Waals surface area contributed by atoms with Crippen molar-refractivity contribution in [1.29, 1.82) is 0 Å². The van der Waals surface area contributed by atoms with Crippen molar-refractivity contribution in [3.05, 3.63) is 45.4 Å². The van der Waals surface area contributed by atoms with E-state index < -0.39 is 0 Å². The van der Waals surface area contributed by atoms with Gasteiger partial charge in [0.05, 0.1) is 11.7 Å². The van der Waals surface area contributed by atoms with E-state index >= 15 is 0 Å². The maximum atomic E-state index is 6.08. The Balaban J connectivity index is 2.24. The van der Waals surface area contributed by atoms with Crippen LogP contribution in [0.3, 0.4) is 0 Å². The molecule has 114 valence electrons. The van der Waals surface area contributed by atoms with Gasteiger partial charge in [-0.2, -0.15) is 0 Å². The molecule has 0 saturated carbocycles. The summed E-state index contributed by atoms with van der Waals surface area (Å²) >= 11 is 7.78. The van der Waals surface area contributed by atoms with Gasteiger partial charge in [0.15, 0.2) is 5.13 Å². The van der Waals surface area contributed by atoms with Gasteiger partial charge in [-0.25, -0.2) is 4.98 Å². The van der Waals surface area contributed by atoms with Crippen LogP contribution in [-0.4, -0.2) is 12.0 Å². The molecule has 0 aliphatic heterocycles. The maximum Gasteiger partial charge on any atom is 0.186 e. The highest BCUT2D eigenvalue weighted by atomic mass is 35.5. The maximum absolute atomic E-state index is 6.08. The second-order valence-electron chi connectivity index (χ2n) is 5.16. The quantitative estimate of drug-likeness (QED) is 0.856. The van der Waals surface area contributed by atoms with Gasteiger partial charge in [0.25, 0.3) is 0 Å². The van der Waals surface area contributed by atoms with Crippen LogP contribution in [0, 0.1) is 0 Å². The SMILES string of the molecule is CCCc1nc(N(C)C(C)c2cccc(Cl)c2)sc1CN. The Kier molecular flexibility index (Phi) is 5.62. The predicted octanol–water partition coefficient (Wildman–Crippen LogP) is 4.41. The molecule has 21 heavy (non-hydrogen) atoms. The van der Waals surface area contributed by atoms with Gasteiger partial charge in [-0.05, 0) is 31.0 Å². The van der Waals surface area contributed by atoms with E-state index in [1.54, 1.807) is 11.3 Å². The standard InChI is InChI=1S/C16H22ClN3S/c1-4-6-14-15(10-18)21-16(19-14)20(3)11(2)12-7-5-8-13(17)9-12/h5,7-9,11H,4,6,10,18H2,1-3H3. The number of anilines is 1. The van der Waals surface area contributed by atoms with Crippen LogP contribution in [0.15, 0.2) is 24.3 Å². The van der Waals surface area contributed by atoms with Crippen LogP contribution in [0.5, 0.6) is 0 Å². The summed E-state index contributed by atoms with van der Waals surface area (Å²) in [7, 11) is 2.07. The zero-order valence-electron chi connectivity index (χ0n) is 12.8. The molecule has 0 bridgehead atoms. The minimum atomic E-state index is 0.218. The molecule has 1 unspecified atom stereocenters. The Hall–Kier alpha value is -1.10. The average Bonchev–Trinajstić information content (AvgIpc) is 2.89. The van der Waals surface area contributed by atoms with E-state index in [1.165, 1.54) is 10.4 Å². The first kappa shape index (κ1) is 16.3. The van der Waals surface area contributed by atoms with E-state index in [1.807, 2.05) is 18.2 Å². The molecular weight excluding hydrogens is 302 g/mol. The second kappa shape index (κ2) is 7.25. The van der Waals surface area contributed by atoms with Crippen molar-refractivity contribution in [2.45, 2.75) is 39.3 Å². The Bertz CT molecular complexity index is 597. The third-order valence-electron chi connectivity index (χ3n) is 3.65. The van der Waals surface area contributed by atoms with E-state index in [-0.39, 0.29) is 6.04 Å². The molecule has 0 aliphatic carbocycles. The van der Waals surface area contributed by atoms with Crippen molar-refractivity contribution in [3.63, 3.8) is 0 Å². The monoisotopic (exact) mass is 323 g/mol. The Morgan fingerprint density at radius 1 is 1.43 bits per heavy atom. The minimum absolute atomic E-state index is 0.218. The fraction of sp³-hybridized carbons (Fsp3) is 0.438. The number of rotatable bonds is 6. The summed E-state index contributed by atoms with van der Waals surface area (Å²) in [6.45, 7) is 4.89. The highest BCUT2D eigenvalue weighted by Gasteiger charge is 2.18. The van der Waals surface area contributed by atoms with E-state index in [0.29, 0.717) is 6.54 Å². The Morgan fingerprint density at radius 3 is 2.81 bits per heavy atom. The summed E-state index contributed by atoms with van der Waals surface area (Å²) in [4.78, 5) is 8.15. The molecule has 0 radical (unpaired) electrons. The fourth-order valence-electron chi connectivity index (χ4n) is 2.27. The molecule has 0 aliphatic rings. The number of aryl methyl sites for hydroxylation is 1. The average molecular weight is 324 g/mol. The van der Waals surface area contributed by atoms with Gasteiger partial charge in [0.1, 0.15) is 0 Å². The lowest BCUT2D eigenvalue weighted by Gasteiger charge is -2.24. The zero-order valence-corrected chi connectivity index (χ0v) is 14.3. The van der Waals surface area contributed by atoms with Gasteiger partial charge >= 0.3 is 0 Å². The lowest BCUT2D eigenvalue weighted by molar-refractivity contribution is 0.733. The van der Waals surface area contributed by atoms with Crippen LogP contribution in [0.1, 0.15) is 42.4 Å². The molecule has 0 amide bonds. The van der Waals surface area contributed by atoms with Crippen molar-refractivity contribution < 1.29 is 0 Å². The minimum Gasteiger partial charge on any atom is -0.344 e. The van der Waals surface area contributed by atoms with Gasteiger partial charge in [0, 0.05) is 23.5 Å². The lowest BCUT2D eigenvalue weighted by atomic mass is 10.1. The van der Waals surface area contributed by atoms with E-state index in [4.69, 9.17) is 22.3 Å². The van der Waals surface area contributed by atoms with Crippen LogP contribution in [0.2, 0.25) is 5.02 Å². The van der Waals surface area contributed by atoms with E-state index in [9.17, 15) is 0 Å². The zero-order chi connectivity index (χ0) is 15.4. The summed E-state index contributed by atoms with van der Waals surface area (Å²) in [5.74, 6) is 0. The number of nitrogens with two attached hydrogens (primary N) is 1. The smallest absolute Gasteiger partial charge is 0.186 e. The predicted molar refractivity (Wildman–Crippen MR) is 92.3 cm³/mol. The second-order valence-corrected chi connectivity index (χ2v) is 6.66. The van der Waals surface area contributed by atoms with Crippen LogP contribution >= 0.6 is 22.9 Å². The van der Waals surface area contributed by atoms with Gasteiger partial charge in [0.2, 0.25) is 0 Å². The molecule has 3 nitrogen and oxygen atoms in total. The fourth-order valence-corrected chi connectivity index (χ4v) is 3.49. The van der Waals surface area contributed by atoms with Gasteiger partial charge in [-0.1, -0.05) is 37.1 Å². The number of nitrogens with zero attached hydrogens (tertiary/aromatic N) is 2. The van der Waals surface area contributed by atoms with Crippen LogP contribution in [-0.2, 0) is 13.0 Å². The molecule has 2 aromatic rings. The normalized spacial score (nSPS) is 12.4. The highest BCUT2D eigenvalue weighted by molar-refractivity contribution is 7.15. The largest absolute Gasteiger partial charge is 0.344 e. The molecule has 0 saturated heterocycles. The number of benzene rings is 1. The van der Waals surface area contributed by atoms with Crippen LogP contribution < -0.4 is 10.6 Å². The number of halogens is 1. The molecule has 5 heteroatoms. The number of hydrogen-bond donors (Lipinski definition) is 1. The van der Waals surface area contributed by atoms with Crippen molar-refractivity contribution >= 4 is 28.1 Å². The van der Waals surface area contributed by atoms with Crippen molar-refractivity contribution in [1.82, 2.24) is 4.98 Å². The first-order valence-electron chi connectivity index (χ1n) is 7.23. The third-order valence-corrected chi connectivity index (χ3v) is 5.10. The first-order chi connectivity index (χ1) is 10.1. The van der Waals surface area contributed by atoms with Crippen molar-refractivity contribution in [2.24, 2.45) is 5.73 Å². The number of thiazole rings is 1. The summed E-state index contributed by atoms with van der Waals surface area (Å²) in [5, 5.41) is 1.78. The third kappa shape index (κ3) is 3.76. The van der Waals surface area contributed by atoms with E-state index in [0.717, 1.165) is 28.7 Å². The Morgan fingerprint density at radius 2 is 2.19 bits per heavy atom. The molecule has 1 heterocycles. The molecule has 2 rings (SSSR count). The number of aromatic nitrogens is 1. The molecule has 1 aromatic heterocycles. The molecule has 0 spiro atoms. The molecule has 2 N–H and O–H groups in total.